The second kappa shape index (κ2) is 6.93. The quantitative estimate of drug-likeness (QED) is 0.739. The average molecular weight is 252 g/mol. The van der Waals surface area contributed by atoms with Gasteiger partial charge in [0.1, 0.15) is 0 Å². The maximum Gasteiger partial charge on any atom is 0.237 e. The lowest BCUT2D eigenvalue weighted by Crippen LogP contribution is -2.50. The number of nitrogens with two attached hydrogens (primary N) is 1. The maximum atomic E-state index is 12.0. The van der Waals surface area contributed by atoms with Gasteiger partial charge in [-0.2, -0.15) is 0 Å². The summed E-state index contributed by atoms with van der Waals surface area (Å²) in [7, 11) is 0. The summed E-state index contributed by atoms with van der Waals surface area (Å²) >= 11 is 0. The van der Waals surface area contributed by atoms with Crippen molar-refractivity contribution in [2.24, 2.45) is 23.5 Å². The lowest BCUT2D eigenvalue weighted by molar-refractivity contribution is -0.123. The Morgan fingerprint density at radius 1 is 1.50 bits per heavy atom. The highest BCUT2D eigenvalue weighted by Crippen LogP contribution is 2.33. The number of carbonyl (C=O) groups is 1. The van der Waals surface area contributed by atoms with Gasteiger partial charge in [-0.25, -0.2) is 0 Å². The zero-order chi connectivity index (χ0) is 13.7. The standard InChI is InChI=1S/C15H28N2O/c1-5-6-13(16)15(18)17-14-9-11(4)7-8-12(14)10(2)3/h5,10-14H,1,6-9,16H2,2-4H3,(H,17,18). The molecule has 0 spiro atoms. The molecule has 0 aromatic rings. The molecule has 3 heteroatoms. The molecule has 0 aliphatic heterocycles. The SMILES string of the molecule is C=CCC(N)C(=O)NC1CC(C)CCC1C(C)C. The van der Waals surface area contributed by atoms with E-state index >= 15 is 0 Å². The Hall–Kier alpha value is -0.830. The molecule has 0 radical (unpaired) electrons. The summed E-state index contributed by atoms with van der Waals surface area (Å²) < 4.78 is 0. The molecule has 4 atom stereocenters. The third-order valence-corrected chi connectivity index (χ3v) is 4.11. The van der Waals surface area contributed by atoms with E-state index in [0.717, 1.165) is 6.42 Å². The van der Waals surface area contributed by atoms with Crippen molar-refractivity contribution < 1.29 is 4.79 Å². The molecule has 1 aliphatic carbocycles. The van der Waals surface area contributed by atoms with E-state index in [-0.39, 0.29) is 11.9 Å². The van der Waals surface area contributed by atoms with E-state index in [2.05, 4.69) is 32.7 Å². The fraction of sp³-hybridized carbons (Fsp3) is 0.800. The number of carbonyl (C=O) groups excluding carboxylic acids is 1. The highest BCUT2D eigenvalue weighted by molar-refractivity contribution is 5.81. The summed E-state index contributed by atoms with van der Waals surface area (Å²) in [5.74, 6) is 1.86. The second-order valence-corrected chi connectivity index (χ2v) is 6.07. The van der Waals surface area contributed by atoms with Gasteiger partial charge in [0.05, 0.1) is 6.04 Å². The molecule has 1 saturated carbocycles. The van der Waals surface area contributed by atoms with Crippen LogP contribution in [0.3, 0.4) is 0 Å². The van der Waals surface area contributed by atoms with E-state index in [1.54, 1.807) is 6.08 Å². The predicted octanol–water partition coefficient (Wildman–Crippen LogP) is 2.47. The van der Waals surface area contributed by atoms with Crippen molar-refractivity contribution in [1.29, 1.82) is 0 Å². The van der Waals surface area contributed by atoms with Crippen molar-refractivity contribution in [1.82, 2.24) is 5.32 Å². The molecule has 1 fully saturated rings. The van der Waals surface area contributed by atoms with E-state index in [0.29, 0.717) is 24.2 Å². The normalized spacial score (nSPS) is 29.9. The van der Waals surface area contributed by atoms with Crippen LogP contribution in [0, 0.1) is 17.8 Å². The van der Waals surface area contributed by atoms with Gasteiger partial charge in [0.2, 0.25) is 5.91 Å². The van der Waals surface area contributed by atoms with Crippen LogP contribution < -0.4 is 11.1 Å². The third-order valence-electron chi connectivity index (χ3n) is 4.11. The summed E-state index contributed by atoms with van der Waals surface area (Å²) in [4.78, 5) is 12.0. The van der Waals surface area contributed by atoms with E-state index in [4.69, 9.17) is 5.73 Å². The van der Waals surface area contributed by atoms with Crippen LogP contribution in [0.2, 0.25) is 0 Å². The van der Waals surface area contributed by atoms with Gasteiger partial charge in [0.15, 0.2) is 0 Å². The molecule has 104 valence electrons. The highest BCUT2D eigenvalue weighted by Gasteiger charge is 2.32. The number of amides is 1. The number of hydrogen-bond donors (Lipinski definition) is 2. The van der Waals surface area contributed by atoms with Crippen LogP contribution in [0.4, 0.5) is 0 Å². The molecule has 3 nitrogen and oxygen atoms in total. The van der Waals surface area contributed by atoms with Crippen molar-refractivity contribution in [2.45, 2.75) is 58.5 Å². The largest absolute Gasteiger partial charge is 0.352 e. The van der Waals surface area contributed by atoms with Crippen molar-refractivity contribution >= 4 is 5.91 Å². The molecular weight excluding hydrogens is 224 g/mol. The fourth-order valence-electron chi connectivity index (χ4n) is 2.94. The van der Waals surface area contributed by atoms with E-state index < -0.39 is 6.04 Å². The Morgan fingerprint density at radius 2 is 2.17 bits per heavy atom. The van der Waals surface area contributed by atoms with E-state index in [9.17, 15) is 4.79 Å². The van der Waals surface area contributed by atoms with Gasteiger partial charge in [0, 0.05) is 6.04 Å². The summed E-state index contributed by atoms with van der Waals surface area (Å²) in [5.41, 5.74) is 5.82. The Labute approximate surface area is 111 Å². The van der Waals surface area contributed by atoms with Crippen LogP contribution in [-0.4, -0.2) is 18.0 Å². The Kier molecular flexibility index (Phi) is 5.86. The van der Waals surface area contributed by atoms with Crippen molar-refractivity contribution in [2.75, 3.05) is 0 Å². The predicted molar refractivity (Wildman–Crippen MR) is 76.1 cm³/mol. The monoisotopic (exact) mass is 252 g/mol. The molecule has 1 amide bonds. The third kappa shape index (κ3) is 4.13. The zero-order valence-corrected chi connectivity index (χ0v) is 12.0. The van der Waals surface area contributed by atoms with Gasteiger partial charge >= 0.3 is 0 Å². The van der Waals surface area contributed by atoms with E-state index in [1.807, 2.05) is 0 Å². The molecule has 1 rings (SSSR count). The van der Waals surface area contributed by atoms with Crippen LogP contribution in [0.25, 0.3) is 0 Å². The molecule has 4 unspecified atom stereocenters. The molecule has 0 heterocycles. The molecule has 1 aliphatic rings. The Morgan fingerprint density at radius 3 is 2.72 bits per heavy atom. The Bertz CT molecular complexity index is 288. The maximum absolute atomic E-state index is 12.0. The second-order valence-electron chi connectivity index (χ2n) is 6.07. The summed E-state index contributed by atoms with van der Waals surface area (Å²) in [5, 5.41) is 3.15. The minimum Gasteiger partial charge on any atom is -0.352 e. The van der Waals surface area contributed by atoms with Crippen molar-refractivity contribution in [3.8, 4) is 0 Å². The number of hydrogen-bond acceptors (Lipinski definition) is 2. The first-order valence-corrected chi connectivity index (χ1v) is 7.12. The lowest BCUT2D eigenvalue weighted by Gasteiger charge is -2.38. The minimum absolute atomic E-state index is 0.0281. The molecule has 0 saturated heterocycles. The van der Waals surface area contributed by atoms with Crippen molar-refractivity contribution in [3.05, 3.63) is 12.7 Å². The summed E-state index contributed by atoms with van der Waals surface area (Å²) in [6.45, 7) is 10.4. The van der Waals surface area contributed by atoms with Crippen molar-refractivity contribution in [3.63, 3.8) is 0 Å². The topological polar surface area (TPSA) is 55.1 Å². The molecule has 3 N–H and O–H groups in total. The summed E-state index contributed by atoms with van der Waals surface area (Å²) in [6, 6.07) is -0.162. The molecule has 0 bridgehead atoms. The smallest absolute Gasteiger partial charge is 0.237 e. The van der Waals surface area contributed by atoms with Crippen LogP contribution in [0.15, 0.2) is 12.7 Å². The van der Waals surface area contributed by atoms with Gasteiger partial charge in [-0.05, 0) is 37.0 Å². The van der Waals surface area contributed by atoms with Gasteiger partial charge in [-0.15, -0.1) is 6.58 Å². The van der Waals surface area contributed by atoms with Crippen LogP contribution in [0.5, 0.6) is 0 Å². The minimum atomic E-state index is -0.451. The lowest BCUT2D eigenvalue weighted by atomic mass is 9.74. The first-order valence-electron chi connectivity index (χ1n) is 7.12. The molecule has 0 aromatic heterocycles. The van der Waals surface area contributed by atoms with Gasteiger partial charge in [-0.3, -0.25) is 4.79 Å². The highest BCUT2D eigenvalue weighted by atomic mass is 16.2. The fourth-order valence-corrected chi connectivity index (χ4v) is 2.94. The van der Waals surface area contributed by atoms with Gasteiger partial charge in [-0.1, -0.05) is 33.3 Å². The van der Waals surface area contributed by atoms with Gasteiger partial charge < -0.3 is 11.1 Å². The summed E-state index contributed by atoms with van der Waals surface area (Å²) in [6.07, 6.45) is 5.80. The molecule has 18 heavy (non-hydrogen) atoms. The Balaban J connectivity index is 2.60. The number of nitrogens with one attached hydrogen (secondary N) is 1. The molecular formula is C15H28N2O. The first kappa shape index (κ1) is 15.2. The average Bonchev–Trinajstić information content (AvgIpc) is 2.28. The van der Waals surface area contributed by atoms with Gasteiger partial charge in [0.25, 0.3) is 0 Å². The molecule has 0 aromatic carbocycles. The van der Waals surface area contributed by atoms with E-state index in [1.165, 1.54) is 12.8 Å². The van der Waals surface area contributed by atoms with Crippen LogP contribution in [-0.2, 0) is 4.79 Å². The van der Waals surface area contributed by atoms with Crippen LogP contribution in [0.1, 0.15) is 46.5 Å². The first-order chi connectivity index (χ1) is 8.45. The number of rotatable bonds is 5. The zero-order valence-electron chi connectivity index (χ0n) is 12.0. The van der Waals surface area contributed by atoms with Crippen LogP contribution >= 0.6 is 0 Å².